The minimum absolute atomic E-state index is 0. The van der Waals surface area contributed by atoms with Crippen molar-refractivity contribution in [3.63, 3.8) is 0 Å². The van der Waals surface area contributed by atoms with Crippen LogP contribution in [0.2, 0.25) is 0 Å². The average molecular weight is 906 g/mol. The number of aromatic nitrogens is 2. The van der Waals surface area contributed by atoms with E-state index < -0.39 is 36.0 Å². The molecule has 13 heteroatoms. The third-order valence-corrected chi connectivity index (χ3v) is 11.3. The van der Waals surface area contributed by atoms with Gasteiger partial charge >= 0.3 is 23.9 Å². The van der Waals surface area contributed by atoms with Crippen LogP contribution in [0.15, 0.2) is 157 Å². The molecule has 12 nitrogen and oxygen atoms in total. The molecule has 0 amide bonds. The molecule has 0 saturated heterocycles. The van der Waals surface area contributed by atoms with E-state index >= 15 is 0 Å². The number of hydrogen-bond donors (Lipinski definition) is 0. The second-order valence-electron chi connectivity index (χ2n) is 14.9. The molecule has 5 heterocycles. The number of benzene rings is 4. The molecule has 2 unspecified atom stereocenters. The molecular weight excluding hydrogens is 867 g/mol. The predicted molar refractivity (Wildman–Crippen MR) is 240 cm³/mol. The van der Waals surface area contributed by atoms with Gasteiger partial charge in [0.1, 0.15) is 0 Å². The number of methoxy groups -OCH3 is 4. The quantitative estimate of drug-likeness (QED) is 0.0884. The molecule has 65 heavy (non-hydrogen) atoms. The van der Waals surface area contributed by atoms with E-state index in [1.54, 1.807) is 48.5 Å². The van der Waals surface area contributed by atoms with Crippen molar-refractivity contribution in [2.24, 2.45) is 0 Å². The Hall–Kier alpha value is -7.89. The molecule has 0 spiro atoms. The van der Waals surface area contributed by atoms with Gasteiger partial charge in [-0.2, -0.15) is 0 Å². The van der Waals surface area contributed by atoms with Crippen LogP contribution in [0.5, 0.6) is 0 Å². The molecule has 2 atom stereocenters. The van der Waals surface area contributed by atoms with Gasteiger partial charge in [0.15, 0.2) is 0 Å². The number of esters is 4. The van der Waals surface area contributed by atoms with E-state index in [2.05, 4.69) is 0 Å². The van der Waals surface area contributed by atoms with Crippen molar-refractivity contribution < 1.29 is 54.6 Å². The number of carbonyl (C=O) groups excluding carboxylic acids is 4. The fourth-order valence-electron chi connectivity index (χ4n) is 8.14. The second kappa shape index (κ2) is 18.5. The van der Waals surface area contributed by atoms with Crippen LogP contribution in [-0.2, 0) is 35.4 Å². The molecule has 4 aromatic carbocycles. The van der Waals surface area contributed by atoms with E-state index in [0.717, 1.165) is 44.5 Å². The summed E-state index contributed by atoms with van der Waals surface area (Å²) in [6.07, 6.45) is 7.92. The van der Waals surface area contributed by atoms with Crippen LogP contribution in [0.1, 0.15) is 75.1 Å². The normalized spacial score (nSPS) is 19.9. The minimum atomic E-state index is -0.525. The summed E-state index contributed by atoms with van der Waals surface area (Å²) in [5.74, 6) is -1.83. The van der Waals surface area contributed by atoms with E-state index in [4.69, 9.17) is 39.5 Å². The van der Waals surface area contributed by atoms with Crippen molar-refractivity contribution in [3.8, 4) is 0 Å². The number of allylic oxidation sites excluding steroid dienone is 2. The van der Waals surface area contributed by atoms with Crippen LogP contribution in [0.4, 0.5) is 0 Å². The zero-order valence-electron chi connectivity index (χ0n) is 35.4. The summed E-state index contributed by atoms with van der Waals surface area (Å²) in [5.41, 5.74) is 10.2. The minimum Gasteiger partial charge on any atom is -0.674 e. The van der Waals surface area contributed by atoms with Gasteiger partial charge in [-0.05, 0) is 81.9 Å². The van der Waals surface area contributed by atoms with Gasteiger partial charge in [-0.25, -0.2) is 19.2 Å². The molecule has 0 fully saturated rings. The Bertz CT molecular complexity index is 2890. The molecule has 0 saturated carbocycles. The fourth-order valence-corrected chi connectivity index (χ4v) is 8.14. The molecule has 328 valence electrons. The summed E-state index contributed by atoms with van der Waals surface area (Å²) >= 11 is 0. The Labute approximate surface area is 384 Å². The third-order valence-electron chi connectivity index (χ3n) is 11.3. The maximum absolute atomic E-state index is 12.5. The zero-order chi connectivity index (χ0) is 44.5. The van der Waals surface area contributed by atoms with Crippen LogP contribution >= 0.6 is 0 Å². The second-order valence-corrected chi connectivity index (χ2v) is 14.9. The van der Waals surface area contributed by atoms with Gasteiger partial charge in [0.25, 0.3) is 0 Å². The van der Waals surface area contributed by atoms with Crippen LogP contribution in [0.3, 0.4) is 0 Å². The van der Waals surface area contributed by atoms with Crippen LogP contribution in [-0.4, -0.2) is 64.4 Å². The Morgan fingerprint density at radius 3 is 1.02 bits per heavy atom. The average Bonchev–Trinajstić information content (AvgIpc) is 4.20. The number of carbonyl (C=O) groups is 4. The summed E-state index contributed by atoms with van der Waals surface area (Å²) < 4.78 is 19.9. The van der Waals surface area contributed by atoms with Crippen LogP contribution < -0.4 is 20.7 Å². The molecular formula is C52H38N4NiO8-4. The summed E-state index contributed by atoms with van der Waals surface area (Å²) in [4.78, 5) is 60.5. The van der Waals surface area contributed by atoms with E-state index in [0.29, 0.717) is 55.7 Å². The Kier molecular flexibility index (Phi) is 12.4. The summed E-state index contributed by atoms with van der Waals surface area (Å²) in [6, 6.07) is 35.2. The molecule has 0 radical (unpaired) electrons. The first-order chi connectivity index (χ1) is 31.2. The number of ether oxygens (including phenoxy) is 4. The summed E-state index contributed by atoms with van der Waals surface area (Å²) in [7, 11) is 5.37. The number of hydrogen-bond acceptors (Lipinski definition) is 8. The van der Waals surface area contributed by atoms with Gasteiger partial charge < -0.3 is 39.5 Å². The van der Waals surface area contributed by atoms with Crippen molar-refractivity contribution in [2.45, 2.75) is 12.1 Å². The van der Waals surface area contributed by atoms with E-state index in [9.17, 15) is 19.2 Å². The maximum atomic E-state index is 12.5. The Balaban J connectivity index is 0.00000576. The molecule has 2 aromatic heterocycles. The first-order valence-electron chi connectivity index (χ1n) is 20.2. The van der Waals surface area contributed by atoms with Gasteiger partial charge in [-0.3, -0.25) is 0 Å². The molecule has 3 aliphatic heterocycles. The van der Waals surface area contributed by atoms with Crippen molar-refractivity contribution in [1.29, 1.82) is 0 Å². The van der Waals surface area contributed by atoms with Gasteiger partial charge in [-0.1, -0.05) is 120 Å². The van der Waals surface area contributed by atoms with E-state index in [-0.39, 0.29) is 16.5 Å². The van der Waals surface area contributed by atoms with Crippen molar-refractivity contribution in [2.75, 3.05) is 28.4 Å². The molecule has 0 aliphatic carbocycles. The molecule has 6 aromatic rings. The standard InChI is InChI=1S/C52H41N4O8.Ni/c1-61-49(57)33-13-5-29(6-14-33)45-37-21-23-39(53-37)46(30-7-15-34(16-8-30)50(58)62-2)41-25-27-43(55-41)48(32-11-19-36(20-12-32)52(60)64-4)44-28-26-42(56-44)47(40-24-22-38(45)54-40)31-9-17-35(18-10-31)51(59)63-3;/h5-28,37,42H,1-4H3,(H3-,53,54,55,56,57,58,59,60);/q-1;/p-3. The number of nitrogens with zero attached hydrogens (tertiary/aromatic N) is 4. The maximum Gasteiger partial charge on any atom is 0.337 e. The largest absolute Gasteiger partial charge is 0.674 e. The number of rotatable bonds is 8. The smallest absolute Gasteiger partial charge is 0.337 e. The van der Waals surface area contributed by atoms with E-state index in [1.807, 2.05) is 97.1 Å². The van der Waals surface area contributed by atoms with Gasteiger partial charge in [0, 0.05) is 16.5 Å². The Morgan fingerprint density at radius 1 is 0.400 bits per heavy atom. The monoisotopic (exact) mass is 904 g/mol. The number of fused-ring (bicyclic) bond motifs is 8. The first kappa shape index (κ1) is 43.7. The zero-order valence-corrected chi connectivity index (χ0v) is 36.4. The predicted octanol–water partition coefficient (Wildman–Crippen LogP) is 7.00. The van der Waals surface area contributed by atoms with Crippen molar-refractivity contribution in [3.05, 3.63) is 234 Å². The van der Waals surface area contributed by atoms with E-state index in [1.165, 1.54) is 28.4 Å². The molecule has 0 N–H and O–H groups in total. The fraction of sp³-hybridized carbons (Fsp3) is 0.115. The SMILES string of the molecule is COC(=O)c1ccc(/C2=C3\C=CC([N-]3)/C(c3ccc(C(=O)OC)cc3)=c3/cc/c([n-]3)=C(\c3ccc(C(=O)OC)cc3)C3C=C/C(=C(\c4ccc(C(=O)OC)cc4)c4ccc2[n-]4)[N-]3)cc1.[Ni]. The van der Waals surface area contributed by atoms with Gasteiger partial charge in [0.05, 0.1) is 50.7 Å². The van der Waals surface area contributed by atoms with Crippen LogP contribution in [0, 0.1) is 0 Å². The molecule has 9 rings (SSSR count). The Morgan fingerprint density at radius 2 is 0.708 bits per heavy atom. The van der Waals surface area contributed by atoms with Crippen molar-refractivity contribution in [1.82, 2.24) is 9.97 Å². The van der Waals surface area contributed by atoms with Crippen LogP contribution in [0.25, 0.3) is 32.9 Å². The van der Waals surface area contributed by atoms with Gasteiger partial charge in [0.2, 0.25) is 0 Å². The third kappa shape index (κ3) is 8.37. The van der Waals surface area contributed by atoms with Crippen molar-refractivity contribution >= 4 is 46.2 Å². The topological polar surface area (TPSA) is 162 Å². The molecule has 3 aliphatic rings. The first-order valence-corrected chi connectivity index (χ1v) is 20.2. The summed E-state index contributed by atoms with van der Waals surface area (Å²) in [5, 5.41) is 12.0. The van der Waals surface area contributed by atoms with Gasteiger partial charge in [-0.15, -0.1) is 33.5 Å². The summed E-state index contributed by atoms with van der Waals surface area (Å²) in [6.45, 7) is 0. The molecule has 8 bridgehead atoms.